The van der Waals surface area contributed by atoms with Gasteiger partial charge in [0.05, 0.1) is 5.69 Å². The Morgan fingerprint density at radius 2 is 2.25 bits per heavy atom. The van der Waals surface area contributed by atoms with Gasteiger partial charge in [0.25, 0.3) is 0 Å². The van der Waals surface area contributed by atoms with Crippen LogP contribution >= 0.6 is 11.6 Å². The highest BCUT2D eigenvalue weighted by molar-refractivity contribution is 6.29. The summed E-state index contributed by atoms with van der Waals surface area (Å²) in [6, 6.07) is 8.32. The number of halogens is 1. The van der Waals surface area contributed by atoms with Crippen molar-refractivity contribution in [3.8, 4) is 0 Å². The molecule has 0 aromatic carbocycles. The van der Waals surface area contributed by atoms with Gasteiger partial charge in [-0.15, -0.1) is 0 Å². The maximum atomic E-state index is 11.4. The Kier molecular flexibility index (Phi) is 3.22. The van der Waals surface area contributed by atoms with E-state index >= 15 is 0 Å². The maximum absolute atomic E-state index is 11.4. The third-order valence-electron chi connectivity index (χ3n) is 1.85. The zero-order valence-corrected chi connectivity index (χ0v) is 8.98. The standard InChI is InChI=1S/C11H8ClNO3/c12-10-5-4-9(16-10)11(14)15-7-8-3-1-2-6-13-8/h1-6H,7H2. The lowest BCUT2D eigenvalue weighted by atomic mass is 10.4. The second-order valence-electron chi connectivity index (χ2n) is 3.00. The number of furan rings is 1. The summed E-state index contributed by atoms with van der Waals surface area (Å²) in [6.45, 7) is 0.109. The maximum Gasteiger partial charge on any atom is 0.374 e. The summed E-state index contributed by atoms with van der Waals surface area (Å²) in [5.41, 5.74) is 0.675. The number of hydrogen-bond donors (Lipinski definition) is 0. The number of esters is 1. The first-order valence-corrected chi connectivity index (χ1v) is 4.96. The Morgan fingerprint density at radius 3 is 2.88 bits per heavy atom. The van der Waals surface area contributed by atoms with E-state index in [1.165, 1.54) is 12.1 Å². The summed E-state index contributed by atoms with van der Waals surface area (Å²) in [7, 11) is 0. The average molecular weight is 238 g/mol. The predicted molar refractivity (Wildman–Crippen MR) is 57.1 cm³/mol. The highest BCUT2D eigenvalue weighted by Gasteiger charge is 2.12. The van der Waals surface area contributed by atoms with Crippen molar-refractivity contribution >= 4 is 17.6 Å². The van der Waals surface area contributed by atoms with Crippen molar-refractivity contribution < 1.29 is 13.9 Å². The van der Waals surface area contributed by atoms with E-state index in [2.05, 4.69) is 4.98 Å². The molecule has 2 aromatic rings. The van der Waals surface area contributed by atoms with Crippen LogP contribution in [0, 0.1) is 0 Å². The molecule has 0 aliphatic rings. The van der Waals surface area contributed by atoms with Gasteiger partial charge in [0.1, 0.15) is 6.61 Å². The lowest BCUT2D eigenvalue weighted by Crippen LogP contribution is -2.04. The van der Waals surface area contributed by atoms with Crippen LogP contribution in [0.4, 0.5) is 0 Å². The van der Waals surface area contributed by atoms with Gasteiger partial charge in [-0.2, -0.15) is 0 Å². The highest BCUT2D eigenvalue weighted by Crippen LogP contribution is 2.14. The fourth-order valence-corrected chi connectivity index (χ4v) is 1.26. The van der Waals surface area contributed by atoms with Gasteiger partial charge in [0, 0.05) is 6.20 Å². The first kappa shape index (κ1) is 10.7. The van der Waals surface area contributed by atoms with E-state index in [-0.39, 0.29) is 17.6 Å². The molecule has 0 amide bonds. The van der Waals surface area contributed by atoms with Crippen LogP contribution in [0.15, 0.2) is 40.9 Å². The Labute approximate surface area is 96.8 Å². The minimum absolute atomic E-state index is 0.0842. The van der Waals surface area contributed by atoms with Crippen LogP contribution < -0.4 is 0 Å². The smallest absolute Gasteiger partial charge is 0.374 e. The summed E-state index contributed by atoms with van der Waals surface area (Å²) >= 11 is 5.53. The van der Waals surface area contributed by atoms with Crippen molar-refractivity contribution in [1.82, 2.24) is 4.98 Å². The summed E-state index contributed by atoms with van der Waals surface area (Å²) < 4.78 is 9.88. The zero-order valence-electron chi connectivity index (χ0n) is 8.22. The van der Waals surface area contributed by atoms with Crippen LogP contribution in [0.2, 0.25) is 5.22 Å². The lowest BCUT2D eigenvalue weighted by molar-refractivity contribution is 0.0431. The molecule has 0 saturated heterocycles. The summed E-state index contributed by atoms with van der Waals surface area (Å²) in [5.74, 6) is -0.474. The van der Waals surface area contributed by atoms with Crippen LogP contribution in [-0.2, 0) is 11.3 Å². The van der Waals surface area contributed by atoms with Crippen LogP contribution in [0.5, 0.6) is 0 Å². The van der Waals surface area contributed by atoms with Gasteiger partial charge in [0.15, 0.2) is 5.22 Å². The molecule has 2 aromatic heterocycles. The molecule has 5 heteroatoms. The van der Waals surface area contributed by atoms with Crippen molar-refractivity contribution in [2.75, 3.05) is 0 Å². The molecule has 0 bridgehead atoms. The van der Waals surface area contributed by atoms with E-state index in [9.17, 15) is 4.79 Å². The van der Waals surface area contributed by atoms with Crippen LogP contribution in [-0.4, -0.2) is 11.0 Å². The first-order valence-electron chi connectivity index (χ1n) is 4.58. The van der Waals surface area contributed by atoms with Gasteiger partial charge in [-0.1, -0.05) is 6.07 Å². The SMILES string of the molecule is O=C(OCc1ccccn1)c1ccc(Cl)o1. The lowest BCUT2D eigenvalue weighted by Gasteiger charge is -2.01. The molecule has 0 aliphatic heterocycles. The molecule has 16 heavy (non-hydrogen) atoms. The summed E-state index contributed by atoms with van der Waals surface area (Å²) in [4.78, 5) is 15.4. The normalized spacial score (nSPS) is 10.1. The van der Waals surface area contributed by atoms with Crippen LogP contribution in [0.1, 0.15) is 16.2 Å². The number of ether oxygens (including phenoxy) is 1. The van der Waals surface area contributed by atoms with E-state index in [1.807, 2.05) is 6.07 Å². The third kappa shape index (κ3) is 2.61. The van der Waals surface area contributed by atoms with Gasteiger partial charge < -0.3 is 9.15 Å². The number of hydrogen-bond acceptors (Lipinski definition) is 4. The van der Waals surface area contributed by atoms with Gasteiger partial charge >= 0.3 is 5.97 Å². The minimum Gasteiger partial charge on any atom is -0.453 e. The van der Waals surface area contributed by atoms with Gasteiger partial charge in [0.2, 0.25) is 5.76 Å². The molecular weight excluding hydrogens is 230 g/mol. The molecule has 0 atom stereocenters. The first-order chi connectivity index (χ1) is 7.75. The zero-order chi connectivity index (χ0) is 11.4. The van der Waals surface area contributed by atoms with Gasteiger partial charge in [-0.05, 0) is 35.9 Å². The molecule has 82 valence electrons. The predicted octanol–water partition coefficient (Wildman–Crippen LogP) is 2.69. The van der Waals surface area contributed by atoms with E-state index < -0.39 is 5.97 Å². The number of aromatic nitrogens is 1. The van der Waals surface area contributed by atoms with Crippen molar-refractivity contribution in [2.24, 2.45) is 0 Å². The van der Waals surface area contributed by atoms with E-state index in [4.69, 9.17) is 20.8 Å². The fraction of sp³-hybridized carbons (Fsp3) is 0.0909. The number of carbonyl (C=O) groups is 1. The second kappa shape index (κ2) is 4.81. The summed E-state index contributed by atoms with van der Waals surface area (Å²) in [6.07, 6.45) is 1.63. The topological polar surface area (TPSA) is 52.3 Å². The molecular formula is C11H8ClNO3. The Hall–Kier alpha value is -1.81. The molecule has 0 N–H and O–H groups in total. The van der Waals surface area contributed by atoms with Crippen molar-refractivity contribution in [1.29, 1.82) is 0 Å². The van der Waals surface area contributed by atoms with E-state index in [1.54, 1.807) is 18.3 Å². The second-order valence-corrected chi connectivity index (χ2v) is 3.37. The molecule has 0 spiro atoms. The molecule has 4 nitrogen and oxygen atoms in total. The Bertz CT molecular complexity index is 481. The molecule has 0 aliphatic carbocycles. The number of nitrogens with zero attached hydrogens (tertiary/aromatic N) is 1. The van der Waals surface area contributed by atoms with E-state index in [0.717, 1.165) is 0 Å². The Morgan fingerprint density at radius 1 is 1.38 bits per heavy atom. The van der Waals surface area contributed by atoms with Crippen molar-refractivity contribution in [2.45, 2.75) is 6.61 Å². The Balaban J connectivity index is 1.94. The molecule has 0 unspecified atom stereocenters. The molecule has 2 rings (SSSR count). The monoisotopic (exact) mass is 237 g/mol. The van der Waals surface area contributed by atoms with Crippen molar-refractivity contribution in [3.05, 3.63) is 53.2 Å². The van der Waals surface area contributed by atoms with Gasteiger partial charge in [-0.25, -0.2) is 4.79 Å². The van der Waals surface area contributed by atoms with E-state index in [0.29, 0.717) is 5.69 Å². The number of pyridine rings is 1. The molecule has 0 saturated carbocycles. The molecule has 0 fully saturated rings. The highest BCUT2D eigenvalue weighted by atomic mass is 35.5. The average Bonchev–Trinajstić information content (AvgIpc) is 2.74. The largest absolute Gasteiger partial charge is 0.453 e. The molecule has 0 radical (unpaired) electrons. The van der Waals surface area contributed by atoms with Gasteiger partial charge in [-0.3, -0.25) is 4.98 Å². The minimum atomic E-state index is -0.558. The van der Waals surface area contributed by atoms with Crippen molar-refractivity contribution in [3.63, 3.8) is 0 Å². The van der Waals surface area contributed by atoms with Crippen LogP contribution in [0.3, 0.4) is 0 Å². The van der Waals surface area contributed by atoms with Crippen LogP contribution in [0.25, 0.3) is 0 Å². The quantitative estimate of drug-likeness (QED) is 0.770. The fourth-order valence-electron chi connectivity index (χ4n) is 1.12. The molecule has 2 heterocycles. The summed E-state index contributed by atoms with van der Waals surface area (Å²) in [5, 5.41) is 0.157. The number of rotatable bonds is 3. The third-order valence-corrected chi connectivity index (χ3v) is 2.05. The number of carbonyl (C=O) groups excluding carboxylic acids is 1.